The van der Waals surface area contributed by atoms with Crippen LogP contribution >= 0.6 is 0 Å². The fraction of sp³-hybridized carbons (Fsp3) is 0.222. The van der Waals surface area contributed by atoms with Gasteiger partial charge < -0.3 is 14.9 Å². The van der Waals surface area contributed by atoms with Gasteiger partial charge in [-0.2, -0.15) is 0 Å². The molecule has 1 heterocycles. The van der Waals surface area contributed by atoms with Gasteiger partial charge in [-0.25, -0.2) is 0 Å². The number of fused-ring (bicyclic) bond motifs is 6. The summed E-state index contributed by atoms with van der Waals surface area (Å²) in [5.41, 5.74) is 1.84. The number of benzene rings is 3. The molecule has 3 aromatic rings. The van der Waals surface area contributed by atoms with Gasteiger partial charge in [0.15, 0.2) is 0 Å². The molecule has 0 spiro atoms. The number of aliphatic hydroxyl groups is 2. The minimum atomic E-state index is -0.881. The van der Waals surface area contributed by atoms with Crippen molar-refractivity contribution in [2.24, 2.45) is 0 Å². The summed E-state index contributed by atoms with van der Waals surface area (Å²) in [6.07, 6.45) is -2.02. The van der Waals surface area contributed by atoms with Crippen molar-refractivity contribution >= 4 is 21.5 Å². The molecule has 0 aromatic heterocycles. The molecule has 1 fully saturated rings. The first-order valence-electron chi connectivity index (χ1n) is 7.21. The Morgan fingerprint density at radius 2 is 1.62 bits per heavy atom. The number of epoxide rings is 1. The van der Waals surface area contributed by atoms with Crippen molar-refractivity contribution in [1.82, 2.24) is 0 Å². The van der Waals surface area contributed by atoms with Gasteiger partial charge in [0, 0.05) is 0 Å². The maximum atomic E-state index is 10.5. The van der Waals surface area contributed by atoms with Crippen LogP contribution in [-0.2, 0) is 4.74 Å². The minimum absolute atomic E-state index is 0.0609. The molecule has 3 heteroatoms. The topological polar surface area (TPSA) is 53.0 Å². The lowest BCUT2D eigenvalue weighted by Crippen LogP contribution is -2.29. The average Bonchev–Trinajstić information content (AvgIpc) is 3.30. The Labute approximate surface area is 121 Å². The van der Waals surface area contributed by atoms with Crippen LogP contribution in [0.15, 0.2) is 48.5 Å². The third kappa shape index (κ3) is 1.48. The zero-order chi connectivity index (χ0) is 14.1. The Hall–Kier alpha value is -1.94. The van der Waals surface area contributed by atoms with Crippen molar-refractivity contribution in [2.75, 3.05) is 0 Å². The number of ether oxygens (including phenoxy) is 1. The first-order chi connectivity index (χ1) is 10.2. The smallest absolute Gasteiger partial charge is 0.118 e. The van der Waals surface area contributed by atoms with E-state index in [0.29, 0.717) is 0 Å². The zero-order valence-corrected chi connectivity index (χ0v) is 11.2. The normalized spacial score (nSPS) is 30.2. The first kappa shape index (κ1) is 11.7. The quantitative estimate of drug-likeness (QED) is 0.491. The molecule has 1 aliphatic heterocycles. The number of hydrogen-bond donors (Lipinski definition) is 2. The van der Waals surface area contributed by atoms with E-state index in [9.17, 15) is 10.2 Å². The molecule has 2 N–H and O–H groups in total. The van der Waals surface area contributed by atoms with Gasteiger partial charge >= 0.3 is 0 Å². The predicted molar refractivity (Wildman–Crippen MR) is 80.0 cm³/mol. The summed E-state index contributed by atoms with van der Waals surface area (Å²) in [6.45, 7) is 0. The second-order valence-electron chi connectivity index (χ2n) is 5.95. The second kappa shape index (κ2) is 3.83. The first-order valence-corrected chi connectivity index (χ1v) is 7.21. The Bertz CT molecular complexity index is 886. The van der Waals surface area contributed by atoms with Crippen molar-refractivity contribution in [3.05, 3.63) is 59.7 Å². The van der Waals surface area contributed by atoms with Gasteiger partial charge in [0.25, 0.3) is 0 Å². The molecule has 5 rings (SSSR count). The van der Waals surface area contributed by atoms with E-state index < -0.39 is 12.2 Å². The van der Waals surface area contributed by atoms with Crippen LogP contribution in [0.1, 0.15) is 23.3 Å². The number of rotatable bonds is 0. The fourth-order valence-corrected chi connectivity index (χ4v) is 3.62. The van der Waals surface area contributed by atoms with Crippen LogP contribution in [0.2, 0.25) is 0 Å². The van der Waals surface area contributed by atoms with Crippen molar-refractivity contribution in [3.63, 3.8) is 0 Å². The molecular formula is C18H14O3. The molecule has 0 saturated carbocycles. The maximum Gasteiger partial charge on any atom is 0.118 e. The lowest BCUT2D eigenvalue weighted by Gasteiger charge is -2.25. The summed E-state index contributed by atoms with van der Waals surface area (Å²) in [6, 6.07) is 16.5. The lowest BCUT2D eigenvalue weighted by molar-refractivity contribution is 0.000831. The fourth-order valence-electron chi connectivity index (χ4n) is 3.62. The van der Waals surface area contributed by atoms with Crippen LogP contribution in [0.3, 0.4) is 0 Å². The van der Waals surface area contributed by atoms with E-state index in [0.717, 1.165) is 27.3 Å². The molecule has 1 saturated heterocycles. The summed E-state index contributed by atoms with van der Waals surface area (Å²) < 4.78 is 5.51. The largest absolute Gasteiger partial charge is 0.387 e. The van der Waals surface area contributed by atoms with Crippen LogP contribution in [0.5, 0.6) is 0 Å². The third-order valence-corrected chi connectivity index (χ3v) is 4.75. The Morgan fingerprint density at radius 1 is 0.857 bits per heavy atom. The van der Waals surface area contributed by atoms with Crippen molar-refractivity contribution in [1.29, 1.82) is 0 Å². The molecule has 1 aliphatic carbocycles. The Balaban J connectivity index is 1.88. The minimum Gasteiger partial charge on any atom is -0.387 e. The van der Waals surface area contributed by atoms with Crippen LogP contribution in [0.4, 0.5) is 0 Å². The molecule has 4 atom stereocenters. The van der Waals surface area contributed by atoms with E-state index in [2.05, 4.69) is 30.3 Å². The van der Waals surface area contributed by atoms with Crippen molar-refractivity contribution in [3.8, 4) is 0 Å². The van der Waals surface area contributed by atoms with Gasteiger partial charge in [-0.15, -0.1) is 0 Å². The standard InChI is InChI=1S/C18H14O3/c19-15-14-12(17-18(21-17)16(15)20)6-5-11-7-9-3-1-2-4-10(9)8-13(11)14/h1-8,15-20H. The molecule has 3 aromatic carbocycles. The average molecular weight is 278 g/mol. The molecule has 3 nitrogen and oxygen atoms in total. The van der Waals surface area contributed by atoms with Gasteiger partial charge in [-0.1, -0.05) is 36.4 Å². The Morgan fingerprint density at radius 3 is 2.43 bits per heavy atom. The molecule has 104 valence electrons. The summed E-state index contributed by atoms with van der Waals surface area (Å²) in [5.74, 6) is 0. The highest BCUT2D eigenvalue weighted by Crippen LogP contribution is 2.52. The molecule has 0 amide bonds. The van der Waals surface area contributed by atoms with E-state index in [1.54, 1.807) is 0 Å². The van der Waals surface area contributed by atoms with Gasteiger partial charge in [0.2, 0.25) is 0 Å². The highest BCUT2D eigenvalue weighted by Gasteiger charge is 2.54. The summed E-state index contributed by atoms with van der Waals surface area (Å²) in [5, 5.41) is 25.0. The van der Waals surface area contributed by atoms with Gasteiger partial charge in [-0.05, 0) is 44.8 Å². The summed E-state index contributed by atoms with van der Waals surface area (Å²) in [7, 11) is 0. The van der Waals surface area contributed by atoms with Crippen molar-refractivity contribution < 1.29 is 14.9 Å². The lowest BCUT2D eigenvalue weighted by atomic mass is 9.83. The van der Waals surface area contributed by atoms with Gasteiger partial charge in [-0.3, -0.25) is 0 Å². The highest BCUT2D eigenvalue weighted by molar-refractivity contribution is 6.00. The maximum absolute atomic E-state index is 10.5. The summed E-state index contributed by atoms with van der Waals surface area (Å²) >= 11 is 0. The monoisotopic (exact) mass is 278 g/mol. The number of aliphatic hydroxyl groups excluding tert-OH is 2. The predicted octanol–water partition coefficient (Wildman–Crippen LogP) is 2.84. The van der Waals surface area contributed by atoms with Crippen LogP contribution in [0.25, 0.3) is 21.5 Å². The Kier molecular flexibility index (Phi) is 2.13. The zero-order valence-electron chi connectivity index (χ0n) is 11.2. The molecule has 0 radical (unpaired) electrons. The highest BCUT2D eigenvalue weighted by atomic mass is 16.6. The second-order valence-corrected chi connectivity index (χ2v) is 5.95. The van der Waals surface area contributed by atoms with E-state index in [1.807, 2.05) is 18.2 Å². The van der Waals surface area contributed by atoms with E-state index >= 15 is 0 Å². The SMILES string of the molecule is OC1c2c(ccc3cc4ccccc4cc23)C2OC2C1O. The van der Waals surface area contributed by atoms with Crippen LogP contribution in [-0.4, -0.2) is 22.4 Å². The molecular weight excluding hydrogens is 264 g/mol. The molecule has 0 bridgehead atoms. The van der Waals surface area contributed by atoms with Crippen LogP contribution < -0.4 is 0 Å². The summed E-state index contributed by atoms with van der Waals surface area (Å²) in [4.78, 5) is 0. The van der Waals surface area contributed by atoms with Gasteiger partial charge in [0.05, 0.1) is 0 Å². The van der Waals surface area contributed by atoms with Gasteiger partial charge in [0.1, 0.15) is 24.4 Å². The molecule has 4 unspecified atom stereocenters. The molecule has 2 aliphatic rings. The van der Waals surface area contributed by atoms with Crippen molar-refractivity contribution in [2.45, 2.75) is 24.4 Å². The van der Waals surface area contributed by atoms with E-state index in [-0.39, 0.29) is 12.2 Å². The number of hydrogen-bond acceptors (Lipinski definition) is 3. The van der Waals surface area contributed by atoms with E-state index in [1.165, 1.54) is 5.39 Å². The van der Waals surface area contributed by atoms with Crippen LogP contribution in [0, 0.1) is 0 Å². The third-order valence-electron chi connectivity index (χ3n) is 4.75. The molecule has 21 heavy (non-hydrogen) atoms. The van der Waals surface area contributed by atoms with E-state index in [4.69, 9.17) is 4.74 Å².